The topological polar surface area (TPSA) is 62.2 Å². The third kappa shape index (κ3) is 6.41. The predicted molar refractivity (Wildman–Crippen MR) is 203 cm³/mol. The fourth-order valence-electron chi connectivity index (χ4n) is 13.8. The number of carbonyl (C=O) groups excluding carboxylic acids is 1. The molecule has 2 heterocycles. The highest BCUT2D eigenvalue weighted by Gasteiger charge is 2.72. The minimum atomic E-state index is -0.288. The van der Waals surface area contributed by atoms with Crippen LogP contribution in [0.25, 0.3) is 0 Å². The van der Waals surface area contributed by atoms with E-state index < -0.39 is 0 Å². The first-order valence-electron chi connectivity index (χ1n) is 20.1. The zero-order valence-electron chi connectivity index (χ0n) is 32.6. The molecule has 10 atom stereocenters. The number of aliphatic hydroxyl groups is 1. The van der Waals surface area contributed by atoms with E-state index in [4.69, 9.17) is 9.47 Å². The highest BCUT2D eigenvalue weighted by atomic mass is 35.5. The number of fused-ring (bicyclic) bond motifs is 5. The highest BCUT2D eigenvalue weighted by molar-refractivity contribution is 5.85. The molecule has 0 radical (unpaired) electrons. The van der Waals surface area contributed by atoms with Crippen LogP contribution in [0.2, 0.25) is 0 Å². The number of piperazine rings is 1. The lowest BCUT2D eigenvalue weighted by atomic mass is 9.35. The van der Waals surface area contributed by atoms with E-state index in [1.54, 1.807) is 0 Å². The molecule has 0 spiro atoms. The van der Waals surface area contributed by atoms with Gasteiger partial charge in [0, 0.05) is 38.1 Å². The lowest BCUT2D eigenvalue weighted by molar-refractivity contribution is -0.259. The third-order valence-electron chi connectivity index (χ3n) is 16.4. The third-order valence-corrected chi connectivity index (χ3v) is 16.4. The van der Waals surface area contributed by atoms with E-state index in [9.17, 15) is 9.90 Å². The van der Waals surface area contributed by atoms with Crippen LogP contribution in [0, 0.1) is 45.3 Å². The Labute approximate surface area is 310 Å². The molecule has 50 heavy (non-hydrogen) atoms. The zero-order chi connectivity index (χ0) is 35.0. The van der Waals surface area contributed by atoms with Crippen LogP contribution in [0.5, 0.6) is 0 Å². The van der Waals surface area contributed by atoms with Crippen molar-refractivity contribution >= 4 is 18.4 Å². The second-order valence-electron chi connectivity index (χ2n) is 19.9. The summed E-state index contributed by atoms with van der Waals surface area (Å²) in [7, 11) is 0. The molecule has 0 unspecified atom stereocenters. The van der Waals surface area contributed by atoms with Gasteiger partial charge < -0.3 is 14.6 Å². The number of aliphatic hydroxyl groups excluding tert-OH is 1. The lowest BCUT2D eigenvalue weighted by Crippen LogP contribution is -2.67. The van der Waals surface area contributed by atoms with E-state index in [0.29, 0.717) is 30.2 Å². The van der Waals surface area contributed by atoms with Crippen molar-refractivity contribution in [2.24, 2.45) is 45.3 Å². The van der Waals surface area contributed by atoms with Gasteiger partial charge in [0.1, 0.15) is 6.10 Å². The Morgan fingerprint density at radius 1 is 0.820 bits per heavy atom. The summed E-state index contributed by atoms with van der Waals surface area (Å²) in [6.45, 7) is 24.5. The molecule has 0 aromatic heterocycles. The molecular formula is C43H69ClN2O4. The standard InChI is InChI=1S/C43H68N2O4.ClH/c1-38(2)18-12-19-43(8,49-38)31-15-21-42(7)37(31)32(46)27-34-40(5)20-17-35(39(3,4)33(40)16-22-41(34,42)6)48-36(47)29-45-25-23-44(24-26-45)28-30-13-10-9-11-14-30;/h9-11,13-14,31-35,37,46H,12,15-29H2,1-8H3;1H/t31-,32+,33-,34+,35-,37-,40-,41+,42+,43+;/m0./s1. The summed E-state index contributed by atoms with van der Waals surface area (Å²) in [5.74, 6) is 1.58. The Bertz CT molecular complexity index is 1360. The van der Waals surface area contributed by atoms with Crippen LogP contribution >= 0.6 is 12.4 Å². The summed E-state index contributed by atoms with van der Waals surface area (Å²) in [5.41, 5.74) is 1.40. The summed E-state index contributed by atoms with van der Waals surface area (Å²) in [4.78, 5) is 18.2. The second kappa shape index (κ2) is 13.6. The molecule has 1 aromatic rings. The molecule has 7 heteroatoms. The molecule has 4 saturated carbocycles. The number of hydrogen-bond acceptors (Lipinski definition) is 6. The average Bonchev–Trinajstić information content (AvgIpc) is 3.42. The maximum absolute atomic E-state index is 13.5. The van der Waals surface area contributed by atoms with Gasteiger partial charge in [-0.25, -0.2) is 0 Å². The Morgan fingerprint density at radius 2 is 1.48 bits per heavy atom. The van der Waals surface area contributed by atoms with E-state index in [1.165, 1.54) is 37.7 Å². The lowest BCUT2D eigenvalue weighted by Gasteiger charge is -2.70. The number of esters is 1. The molecule has 2 saturated heterocycles. The molecule has 1 N–H and O–H groups in total. The van der Waals surface area contributed by atoms with Crippen molar-refractivity contribution in [3.63, 3.8) is 0 Å². The van der Waals surface area contributed by atoms with Crippen LogP contribution < -0.4 is 0 Å². The fourth-order valence-corrected chi connectivity index (χ4v) is 13.8. The Morgan fingerprint density at radius 3 is 2.16 bits per heavy atom. The molecule has 1 aromatic carbocycles. The van der Waals surface area contributed by atoms with E-state index in [2.05, 4.69) is 95.5 Å². The van der Waals surface area contributed by atoms with Crippen molar-refractivity contribution in [1.29, 1.82) is 0 Å². The van der Waals surface area contributed by atoms with Crippen LogP contribution in [0.1, 0.15) is 125 Å². The first kappa shape index (κ1) is 38.5. The Kier molecular flexibility index (Phi) is 10.5. The molecule has 4 aliphatic carbocycles. The van der Waals surface area contributed by atoms with Crippen LogP contribution in [0.15, 0.2) is 30.3 Å². The van der Waals surface area contributed by atoms with Gasteiger partial charge in [-0.1, -0.05) is 65.0 Å². The van der Waals surface area contributed by atoms with E-state index >= 15 is 0 Å². The molecule has 0 bridgehead atoms. The monoisotopic (exact) mass is 712 g/mol. The summed E-state index contributed by atoms with van der Waals surface area (Å²) < 4.78 is 13.4. The minimum Gasteiger partial charge on any atom is -0.461 e. The van der Waals surface area contributed by atoms with Gasteiger partial charge in [0.25, 0.3) is 0 Å². The van der Waals surface area contributed by atoms with Gasteiger partial charge >= 0.3 is 5.97 Å². The Hall–Kier alpha value is -1.18. The zero-order valence-corrected chi connectivity index (χ0v) is 33.5. The quantitative estimate of drug-likeness (QED) is 0.299. The number of halogens is 1. The molecular weight excluding hydrogens is 644 g/mol. The molecule has 6 aliphatic rings. The van der Waals surface area contributed by atoms with Crippen molar-refractivity contribution in [3.8, 4) is 0 Å². The van der Waals surface area contributed by atoms with Crippen LogP contribution in [-0.4, -0.2) is 77.0 Å². The van der Waals surface area contributed by atoms with Gasteiger partial charge in [-0.2, -0.15) is 0 Å². The van der Waals surface area contributed by atoms with E-state index in [1.807, 2.05) is 0 Å². The normalized spacial score (nSPS) is 44.3. The van der Waals surface area contributed by atoms with Crippen molar-refractivity contribution in [1.82, 2.24) is 9.80 Å². The summed E-state index contributed by atoms with van der Waals surface area (Å²) in [6.07, 6.45) is 10.7. The molecule has 2 aliphatic heterocycles. The summed E-state index contributed by atoms with van der Waals surface area (Å²) in [6, 6.07) is 10.7. The van der Waals surface area contributed by atoms with Gasteiger partial charge in [0.2, 0.25) is 0 Å². The SMILES string of the molecule is CC1(C)CCC[C@](C)([C@H]2CC[C@]3(C)[C@@H]2[C@H](O)C[C@@H]2[C@@]4(C)CC[C@H](OC(=O)CN5CCN(Cc6ccccc6)CC5)C(C)(C)[C@@H]4CC[C@]23C)O1.Cl. The highest BCUT2D eigenvalue weighted by Crippen LogP contribution is 2.76. The van der Waals surface area contributed by atoms with Gasteiger partial charge in [0.15, 0.2) is 0 Å². The van der Waals surface area contributed by atoms with Gasteiger partial charge in [0.05, 0.1) is 23.9 Å². The molecule has 6 fully saturated rings. The molecule has 7 rings (SSSR count). The van der Waals surface area contributed by atoms with Crippen molar-refractivity contribution in [2.45, 2.75) is 150 Å². The second-order valence-corrected chi connectivity index (χ2v) is 19.9. The van der Waals surface area contributed by atoms with Crippen molar-refractivity contribution < 1.29 is 19.4 Å². The smallest absolute Gasteiger partial charge is 0.320 e. The van der Waals surface area contributed by atoms with Gasteiger partial charge in [-0.3, -0.25) is 14.6 Å². The number of nitrogens with zero attached hydrogens (tertiary/aromatic N) is 2. The molecule has 282 valence electrons. The number of hydrogen-bond donors (Lipinski definition) is 1. The van der Waals surface area contributed by atoms with E-state index in [0.717, 1.165) is 64.8 Å². The first-order valence-corrected chi connectivity index (χ1v) is 20.1. The Balaban J connectivity index is 0.00000432. The first-order chi connectivity index (χ1) is 23.0. The molecule has 0 amide bonds. The van der Waals surface area contributed by atoms with Gasteiger partial charge in [-0.15, -0.1) is 12.4 Å². The van der Waals surface area contributed by atoms with Crippen molar-refractivity contribution in [3.05, 3.63) is 35.9 Å². The van der Waals surface area contributed by atoms with Crippen LogP contribution in [-0.2, 0) is 20.8 Å². The summed E-state index contributed by atoms with van der Waals surface area (Å²) >= 11 is 0. The predicted octanol–water partition coefficient (Wildman–Crippen LogP) is 8.53. The van der Waals surface area contributed by atoms with Crippen LogP contribution in [0.4, 0.5) is 0 Å². The largest absolute Gasteiger partial charge is 0.461 e. The average molecular weight is 713 g/mol. The summed E-state index contributed by atoms with van der Waals surface area (Å²) in [5, 5.41) is 12.3. The van der Waals surface area contributed by atoms with Crippen molar-refractivity contribution in [2.75, 3.05) is 32.7 Å². The number of ether oxygens (including phenoxy) is 2. The maximum Gasteiger partial charge on any atom is 0.320 e. The number of benzene rings is 1. The van der Waals surface area contributed by atoms with Gasteiger partial charge in [-0.05, 0) is 130 Å². The van der Waals surface area contributed by atoms with Crippen LogP contribution in [0.3, 0.4) is 0 Å². The number of rotatable bonds is 6. The van der Waals surface area contributed by atoms with E-state index in [-0.39, 0.29) is 63.4 Å². The molecule has 6 nitrogen and oxygen atoms in total. The number of carbonyl (C=O) groups is 1. The fraction of sp³-hybridized carbons (Fsp3) is 0.837. The maximum atomic E-state index is 13.5. The minimum absolute atomic E-state index is 0.